The first kappa shape index (κ1) is 18.9. The van der Waals surface area contributed by atoms with E-state index in [4.69, 9.17) is 0 Å². The Hall–Kier alpha value is -3.15. The number of hydrogen-bond acceptors (Lipinski definition) is 3. The van der Waals surface area contributed by atoms with E-state index in [0.717, 1.165) is 48.1 Å². The highest BCUT2D eigenvalue weighted by molar-refractivity contribution is 5.85. The van der Waals surface area contributed by atoms with Crippen LogP contribution in [0, 0.1) is 13.8 Å². The van der Waals surface area contributed by atoms with Crippen LogP contribution in [0.1, 0.15) is 35.6 Å². The van der Waals surface area contributed by atoms with E-state index >= 15 is 0 Å². The Bertz CT molecular complexity index is 1240. The molecule has 1 saturated heterocycles. The minimum Gasteiger partial charge on any atom is -0.341 e. The number of piperidine rings is 1. The fraction of sp³-hybridized carbons (Fsp3) is 0.375. The minimum absolute atomic E-state index is 0.194. The number of carbonyl (C=O) groups is 1. The Morgan fingerprint density at radius 3 is 2.70 bits per heavy atom. The summed E-state index contributed by atoms with van der Waals surface area (Å²) in [6, 6.07) is 8.69. The number of pyridine rings is 1. The Morgan fingerprint density at radius 1 is 1.10 bits per heavy atom. The number of benzene rings is 1. The van der Waals surface area contributed by atoms with Crippen molar-refractivity contribution >= 4 is 27.7 Å². The van der Waals surface area contributed by atoms with Crippen molar-refractivity contribution in [3.63, 3.8) is 0 Å². The summed E-state index contributed by atoms with van der Waals surface area (Å²) in [6.07, 6.45) is 7.72. The Morgan fingerprint density at radius 2 is 1.90 bits per heavy atom. The van der Waals surface area contributed by atoms with Crippen molar-refractivity contribution in [1.82, 2.24) is 24.2 Å². The van der Waals surface area contributed by atoms with Crippen molar-refractivity contribution in [3.05, 3.63) is 59.7 Å². The molecular weight excluding hydrogens is 374 g/mol. The first-order valence-electron chi connectivity index (χ1n) is 10.6. The predicted molar refractivity (Wildman–Crippen MR) is 118 cm³/mol. The third-order valence-electron chi connectivity index (χ3n) is 6.57. The lowest BCUT2D eigenvalue weighted by Crippen LogP contribution is -2.39. The summed E-state index contributed by atoms with van der Waals surface area (Å²) >= 11 is 0. The molecular formula is C24H27N5O. The lowest BCUT2D eigenvalue weighted by Gasteiger charge is -2.32. The van der Waals surface area contributed by atoms with Crippen LogP contribution in [0.3, 0.4) is 0 Å². The van der Waals surface area contributed by atoms with Crippen LogP contribution in [0.2, 0.25) is 0 Å². The van der Waals surface area contributed by atoms with Gasteiger partial charge in [-0.05, 0) is 55.9 Å². The van der Waals surface area contributed by atoms with Crippen LogP contribution < -0.4 is 0 Å². The van der Waals surface area contributed by atoms with Gasteiger partial charge in [-0.1, -0.05) is 12.1 Å². The fourth-order valence-electron chi connectivity index (χ4n) is 4.86. The molecule has 4 heterocycles. The van der Waals surface area contributed by atoms with Crippen LogP contribution in [0.25, 0.3) is 21.8 Å². The van der Waals surface area contributed by atoms with Crippen molar-refractivity contribution in [2.45, 2.75) is 39.2 Å². The number of likely N-dealkylation sites (tertiary alicyclic amines) is 1. The molecule has 5 rings (SSSR count). The summed E-state index contributed by atoms with van der Waals surface area (Å²) in [5.74, 6) is 0.689. The molecule has 0 saturated carbocycles. The first-order chi connectivity index (χ1) is 14.5. The van der Waals surface area contributed by atoms with E-state index in [2.05, 4.69) is 52.9 Å². The van der Waals surface area contributed by atoms with E-state index in [-0.39, 0.29) is 5.91 Å². The van der Waals surface area contributed by atoms with Crippen LogP contribution in [-0.2, 0) is 18.4 Å². The second-order valence-corrected chi connectivity index (χ2v) is 8.47. The topological polar surface area (TPSA) is 56.0 Å². The number of fused-ring (bicyclic) bond motifs is 2. The van der Waals surface area contributed by atoms with E-state index in [1.807, 2.05) is 28.9 Å². The van der Waals surface area contributed by atoms with Crippen molar-refractivity contribution in [2.75, 3.05) is 13.1 Å². The maximum atomic E-state index is 13.0. The van der Waals surface area contributed by atoms with Crippen LogP contribution in [-0.4, -0.2) is 43.2 Å². The second-order valence-electron chi connectivity index (χ2n) is 8.47. The molecule has 0 aliphatic carbocycles. The molecule has 0 bridgehead atoms. The molecule has 0 unspecified atom stereocenters. The number of nitrogens with zero attached hydrogens (tertiary/aromatic N) is 5. The number of rotatable bonds is 3. The number of aryl methyl sites for hydroxylation is 3. The van der Waals surface area contributed by atoms with Crippen molar-refractivity contribution < 1.29 is 4.79 Å². The smallest absolute Gasteiger partial charge is 0.242 e. The average Bonchev–Trinajstić information content (AvgIpc) is 3.24. The minimum atomic E-state index is 0.194. The molecule has 1 aromatic carbocycles. The number of aromatic nitrogens is 4. The van der Waals surface area contributed by atoms with Crippen molar-refractivity contribution in [1.29, 1.82) is 0 Å². The molecule has 4 aromatic rings. The van der Waals surface area contributed by atoms with Gasteiger partial charge in [-0.15, -0.1) is 0 Å². The largest absolute Gasteiger partial charge is 0.341 e. The molecule has 154 valence electrons. The number of hydrogen-bond donors (Lipinski definition) is 0. The highest BCUT2D eigenvalue weighted by atomic mass is 16.2. The maximum absolute atomic E-state index is 13.0. The zero-order chi connectivity index (χ0) is 20.8. The van der Waals surface area contributed by atoms with Gasteiger partial charge in [0.25, 0.3) is 0 Å². The van der Waals surface area contributed by atoms with Crippen LogP contribution in [0.15, 0.2) is 42.9 Å². The molecule has 1 amide bonds. The van der Waals surface area contributed by atoms with Gasteiger partial charge in [0.05, 0.1) is 16.7 Å². The third kappa shape index (κ3) is 3.16. The summed E-state index contributed by atoms with van der Waals surface area (Å²) < 4.78 is 4.02. The molecule has 1 aliphatic rings. The monoisotopic (exact) mass is 401 g/mol. The predicted octanol–water partition coefficient (Wildman–Crippen LogP) is 3.95. The van der Waals surface area contributed by atoms with Gasteiger partial charge in [-0.3, -0.25) is 14.5 Å². The number of amides is 1. The van der Waals surface area contributed by atoms with Crippen LogP contribution in [0.5, 0.6) is 0 Å². The zero-order valence-corrected chi connectivity index (χ0v) is 17.8. The van der Waals surface area contributed by atoms with Crippen LogP contribution in [0.4, 0.5) is 0 Å². The van der Waals surface area contributed by atoms with E-state index in [0.29, 0.717) is 12.5 Å². The normalized spacial score (nSPS) is 15.4. The van der Waals surface area contributed by atoms with Gasteiger partial charge in [-0.2, -0.15) is 5.10 Å². The summed E-state index contributed by atoms with van der Waals surface area (Å²) in [5.41, 5.74) is 5.85. The molecule has 0 N–H and O–H groups in total. The van der Waals surface area contributed by atoms with Gasteiger partial charge >= 0.3 is 0 Å². The molecule has 0 radical (unpaired) electrons. The molecule has 6 nitrogen and oxygen atoms in total. The molecule has 30 heavy (non-hydrogen) atoms. The van der Waals surface area contributed by atoms with Gasteiger partial charge in [0, 0.05) is 49.5 Å². The van der Waals surface area contributed by atoms with Gasteiger partial charge in [0.1, 0.15) is 6.54 Å². The molecule has 0 atom stereocenters. The summed E-state index contributed by atoms with van der Waals surface area (Å²) in [5, 5.41) is 6.87. The molecule has 3 aromatic heterocycles. The van der Waals surface area contributed by atoms with Gasteiger partial charge in [0.2, 0.25) is 5.91 Å². The fourth-order valence-corrected chi connectivity index (χ4v) is 4.86. The Kier molecular flexibility index (Phi) is 4.57. The Labute approximate surface area is 176 Å². The molecule has 0 spiro atoms. The summed E-state index contributed by atoms with van der Waals surface area (Å²) in [4.78, 5) is 19.2. The maximum Gasteiger partial charge on any atom is 0.242 e. The van der Waals surface area contributed by atoms with E-state index in [9.17, 15) is 4.79 Å². The average molecular weight is 402 g/mol. The SMILES string of the molecule is Cc1cn(CC(=O)N2CCC(c3ccc4c(C)nn(C)c4c3)CC2)c2ccncc12. The quantitative estimate of drug-likeness (QED) is 0.522. The second kappa shape index (κ2) is 7.27. The van der Waals surface area contributed by atoms with E-state index < -0.39 is 0 Å². The molecule has 6 heteroatoms. The van der Waals surface area contributed by atoms with Crippen molar-refractivity contribution in [2.24, 2.45) is 7.05 Å². The van der Waals surface area contributed by atoms with Crippen LogP contribution >= 0.6 is 0 Å². The highest BCUT2D eigenvalue weighted by Crippen LogP contribution is 2.31. The van der Waals surface area contributed by atoms with E-state index in [1.54, 1.807) is 6.20 Å². The first-order valence-corrected chi connectivity index (χ1v) is 10.6. The number of carbonyl (C=O) groups excluding carboxylic acids is 1. The lowest BCUT2D eigenvalue weighted by molar-refractivity contribution is -0.132. The van der Waals surface area contributed by atoms with Gasteiger partial charge in [-0.25, -0.2) is 0 Å². The Balaban J connectivity index is 1.27. The lowest BCUT2D eigenvalue weighted by atomic mass is 9.89. The standard InChI is InChI=1S/C24H27N5O/c1-16-14-29(22-6-9-25-13-21(16)22)15-24(30)28-10-7-18(8-11-28)19-4-5-20-17(2)26-27(3)23(20)12-19/h4-6,9,12-14,18H,7-8,10-11,15H2,1-3H3. The van der Waals surface area contributed by atoms with Crippen molar-refractivity contribution in [3.8, 4) is 0 Å². The van der Waals surface area contributed by atoms with Gasteiger partial charge < -0.3 is 9.47 Å². The summed E-state index contributed by atoms with van der Waals surface area (Å²) in [7, 11) is 2.00. The highest BCUT2D eigenvalue weighted by Gasteiger charge is 2.25. The van der Waals surface area contributed by atoms with E-state index in [1.165, 1.54) is 16.5 Å². The molecule has 1 fully saturated rings. The molecule has 1 aliphatic heterocycles. The zero-order valence-electron chi connectivity index (χ0n) is 17.8. The van der Waals surface area contributed by atoms with Gasteiger partial charge in [0.15, 0.2) is 0 Å². The summed E-state index contributed by atoms with van der Waals surface area (Å²) in [6.45, 7) is 6.13. The third-order valence-corrected chi connectivity index (χ3v) is 6.57.